The Kier molecular flexibility index (Phi) is 4.16. The van der Waals surface area contributed by atoms with E-state index in [2.05, 4.69) is 11.6 Å². The van der Waals surface area contributed by atoms with Crippen molar-refractivity contribution in [2.45, 2.75) is 25.7 Å². The minimum atomic E-state index is -0.0312. The van der Waals surface area contributed by atoms with Crippen molar-refractivity contribution in [1.82, 2.24) is 9.97 Å². The summed E-state index contributed by atoms with van der Waals surface area (Å²) in [7, 11) is 0. The Morgan fingerprint density at radius 2 is 2.21 bits per heavy atom. The van der Waals surface area contributed by atoms with Crippen molar-refractivity contribution in [3.05, 3.63) is 52.5 Å². The second kappa shape index (κ2) is 6.45. The van der Waals surface area contributed by atoms with Crippen LogP contribution in [0.25, 0.3) is 10.2 Å². The van der Waals surface area contributed by atoms with Gasteiger partial charge in [0.15, 0.2) is 5.13 Å². The summed E-state index contributed by atoms with van der Waals surface area (Å²) < 4.78 is 1.03. The quantitative estimate of drug-likeness (QED) is 0.649. The van der Waals surface area contributed by atoms with E-state index < -0.39 is 0 Å². The van der Waals surface area contributed by atoms with E-state index in [0.717, 1.165) is 28.2 Å². The largest absolute Gasteiger partial charge is 0.280 e. The zero-order valence-electron chi connectivity index (χ0n) is 13.2. The molecule has 0 saturated heterocycles. The number of thiazole rings is 2. The molecule has 2 heterocycles. The first-order valence-corrected chi connectivity index (χ1v) is 9.70. The molecule has 0 spiro atoms. The molecular formula is C18H17N3OS2. The number of carbonyl (C=O) groups excluding carboxylic acids is 1. The number of aryl methyl sites for hydroxylation is 2. The van der Waals surface area contributed by atoms with Gasteiger partial charge in [-0.3, -0.25) is 9.69 Å². The van der Waals surface area contributed by atoms with Crippen molar-refractivity contribution in [2.75, 3.05) is 11.4 Å². The molecule has 1 aliphatic carbocycles. The minimum absolute atomic E-state index is 0.0312. The van der Waals surface area contributed by atoms with Gasteiger partial charge >= 0.3 is 0 Å². The van der Waals surface area contributed by atoms with Crippen molar-refractivity contribution < 1.29 is 4.79 Å². The number of aromatic nitrogens is 2. The van der Waals surface area contributed by atoms with Crippen molar-refractivity contribution in [3.63, 3.8) is 0 Å². The zero-order chi connectivity index (χ0) is 16.5. The first-order chi connectivity index (χ1) is 11.8. The van der Waals surface area contributed by atoms with Gasteiger partial charge in [-0.1, -0.05) is 6.08 Å². The monoisotopic (exact) mass is 355 g/mol. The molecule has 6 heteroatoms. The van der Waals surface area contributed by atoms with Crippen LogP contribution in [0.5, 0.6) is 0 Å². The lowest BCUT2D eigenvalue weighted by atomic mass is 10.0. The molecule has 0 fully saturated rings. The number of nitrogens with zero attached hydrogens (tertiary/aromatic N) is 3. The molecule has 1 aromatic carbocycles. The molecule has 24 heavy (non-hydrogen) atoms. The SMILES string of the molecule is C=CCN(C(=O)c1ccc2ncsc2c1)c1nc2c(s1)CCCC2. The fourth-order valence-electron chi connectivity index (χ4n) is 2.97. The smallest absolute Gasteiger partial charge is 0.260 e. The van der Waals surface area contributed by atoms with E-state index in [4.69, 9.17) is 4.98 Å². The topological polar surface area (TPSA) is 46.1 Å². The highest BCUT2D eigenvalue weighted by molar-refractivity contribution is 7.16. The Hall–Kier alpha value is -2.05. The molecule has 4 rings (SSSR count). The molecule has 1 amide bonds. The first kappa shape index (κ1) is 15.5. The second-order valence-electron chi connectivity index (χ2n) is 5.81. The highest BCUT2D eigenvalue weighted by Gasteiger charge is 2.23. The molecular weight excluding hydrogens is 338 g/mol. The maximum Gasteiger partial charge on any atom is 0.260 e. The average molecular weight is 355 g/mol. The van der Waals surface area contributed by atoms with Gasteiger partial charge in [-0.2, -0.15) is 0 Å². The number of fused-ring (bicyclic) bond motifs is 2. The average Bonchev–Trinajstić information content (AvgIpc) is 3.24. The van der Waals surface area contributed by atoms with E-state index >= 15 is 0 Å². The third kappa shape index (κ3) is 2.76. The third-order valence-corrected chi connectivity index (χ3v) is 6.17. The molecule has 0 atom stereocenters. The van der Waals surface area contributed by atoms with Crippen LogP contribution in [0.15, 0.2) is 36.4 Å². The van der Waals surface area contributed by atoms with Gasteiger partial charge < -0.3 is 0 Å². The lowest BCUT2D eigenvalue weighted by molar-refractivity contribution is 0.0990. The minimum Gasteiger partial charge on any atom is -0.280 e. The molecule has 122 valence electrons. The van der Waals surface area contributed by atoms with E-state index in [1.54, 1.807) is 39.2 Å². The molecule has 1 aliphatic rings. The molecule has 0 aliphatic heterocycles. The molecule has 0 bridgehead atoms. The number of hydrogen-bond donors (Lipinski definition) is 0. The zero-order valence-corrected chi connectivity index (χ0v) is 14.8. The normalized spacial score (nSPS) is 13.7. The molecule has 0 saturated carbocycles. The summed E-state index contributed by atoms with van der Waals surface area (Å²) in [6.45, 7) is 4.26. The van der Waals surface area contributed by atoms with E-state index in [9.17, 15) is 4.79 Å². The van der Waals surface area contributed by atoms with E-state index in [-0.39, 0.29) is 5.91 Å². The number of rotatable bonds is 4. The van der Waals surface area contributed by atoms with Gasteiger partial charge in [0, 0.05) is 17.0 Å². The Bertz CT molecular complexity index is 889. The van der Waals surface area contributed by atoms with Crippen molar-refractivity contribution >= 4 is 43.9 Å². The van der Waals surface area contributed by atoms with Crippen LogP contribution in [0.3, 0.4) is 0 Å². The standard InChI is InChI=1S/C18H17N3OS2/c1-2-9-21(18-20-14-5-3-4-6-15(14)24-18)17(22)12-7-8-13-16(10-12)23-11-19-13/h2,7-8,10-11H,1,3-6,9H2. The number of carbonyl (C=O) groups is 1. The van der Waals surface area contributed by atoms with Crippen LogP contribution in [0.4, 0.5) is 5.13 Å². The van der Waals surface area contributed by atoms with Crippen molar-refractivity contribution in [2.24, 2.45) is 0 Å². The Labute approximate surface area is 148 Å². The molecule has 0 unspecified atom stereocenters. The molecule has 2 aromatic heterocycles. The Morgan fingerprint density at radius 3 is 3.04 bits per heavy atom. The van der Waals surface area contributed by atoms with Crippen LogP contribution in [-0.4, -0.2) is 22.4 Å². The van der Waals surface area contributed by atoms with Crippen LogP contribution < -0.4 is 4.90 Å². The number of hydrogen-bond acceptors (Lipinski definition) is 5. The molecule has 4 nitrogen and oxygen atoms in total. The highest BCUT2D eigenvalue weighted by Crippen LogP contribution is 2.32. The number of anilines is 1. The lowest BCUT2D eigenvalue weighted by Crippen LogP contribution is -2.31. The van der Waals surface area contributed by atoms with Crippen LogP contribution in [0, 0.1) is 0 Å². The van der Waals surface area contributed by atoms with Gasteiger partial charge in [-0.15, -0.1) is 29.3 Å². The molecule has 0 radical (unpaired) electrons. The number of amides is 1. The highest BCUT2D eigenvalue weighted by atomic mass is 32.1. The fraction of sp³-hybridized carbons (Fsp3) is 0.278. The van der Waals surface area contributed by atoms with Gasteiger partial charge in [0.2, 0.25) is 0 Å². The third-order valence-electron chi connectivity index (χ3n) is 4.20. The summed E-state index contributed by atoms with van der Waals surface area (Å²) in [6, 6.07) is 5.66. The van der Waals surface area contributed by atoms with Crippen LogP contribution in [0.1, 0.15) is 33.8 Å². The molecule has 0 N–H and O–H groups in total. The van der Waals surface area contributed by atoms with Gasteiger partial charge in [0.25, 0.3) is 5.91 Å². The van der Waals surface area contributed by atoms with E-state index in [0.29, 0.717) is 12.1 Å². The fourth-order valence-corrected chi connectivity index (χ4v) is 4.85. The number of benzene rings is 1. The van der Waals surface area contributed by atoms with E-state index in [1.165, 1.54) is 23.4 Å². The lowest BCUT2D eigenvalue weighted by Gasteiger charge is -2.18. The van der Waals surface area contributed by atoms with Gasteiger partial charge in [-0.25, -0.2) is 9.97 Å². The maximum absolute atomic E-state index is 13.0. The van der Waals surface area contributed by atoms with Crippen molar-refractivity contribution in [3.8, 4) is 0 Å². The summed E-state index contributed by atoms with van der Waals surface area (Å²) >= 11 is 3.19. The van der Waals surface area contributed by atoms with Crippen LogP contribution in [-0.2, 0) is 12.8 Å². The summed E-state index contributed by atoms with van der Waals surface area (Å²) in [5, 5.41) is 0.788. The summed E-state index contributed by atoms with van der Waals surface area (Å²) in [5.74, 6) is -0.0312. The van der Waals surface area contributed by atoms with Gasteiger partial charge in [0.1, 0.15) is 0 Å². The summed E-state index contributed by atoms with van der Waals surface area (Å²) in [4.78, 5) is 25.1. The van der Waals surface area contributed by atoms with Gasteiger partial charge in [-0.05, 0) is 43.9 Å². The van der Waals surface area contributed by atoms with Crippen LogP contribution in [0.2, 0.25) is 0 Å². The Morgan fingerprint density at radius 1 is 1.33 bits per heavy atom. The van der Waals surface area contributed by atoms with Crippen molar-refractivity contribution in [1.29, 1.82) is 0 Å². The first-order valence-electron chi connectivity index (χ1n) is 8.01. The predicted molar refractivity (Wildman–Crippen MR) is 100 cm³/mol. The Balaban J connectivity index is 1.69. The second-order valence-corrected chi connectivity index (χ2v) is 7.76. The van der Waals surface area contributed by atoms with Crippen LogP contribution >= 0.6 is 22.7 Å². The van der Waals surface area contributed by atoms with E-state index in [1.807, 2.05) is 18.2 Å². The summed E-state index contributed by atoms with van der Waals surface area (Å²) in [5.41, 5.74) is 4.56. The predicted octanol–water partition coefficient (Wildman–Crippen LogP) is 4.46. The molecule has 3 aromatic rings. The summed E-state index contributed by atoms with van der Waals surface area (Å²) in [6.07, 6.45) is 6.26. The van der Waals surface area contributed by atoms with Gasteiger partial charge in [0.05, 0.1) is 21.4 Å². The maximum atomic E-state index is 13.0.